The summed E-state index contributed by atoms with van der Waals surface area (Å²) in [7, 11) is 1.35. The molecule has 0 radical (unpaired) electrons. The second kappa shape index (κ2) is 10.0. The van der Waals surface area contributed by atoms with Gasteiger partial charge < -0.3 is 24.2 Å². The van der Waals surface area contributed by atoms with Gasteiger partial charge in [-0.15, -0.1) is 13.2 Å². The molecule has 0 saturated carbocycles. The maximum Gasteiger partial charge on any atom is 0.573 e. The lowest BCUT2D eigenvalue weighted by Crippen LogP contribution is -2.56. The highest BCUT2D eigenvalue weighted by atomic mass is 19.4. The summed E-state index contributed by atoms with van der Waals surface area (Å²) < 4.78 is 65.0. The van der Waals surface area contributed by atoms with Crippen molar-refractivity contribution in [2.45, 2.75) is 58.0 Å². The molecule has 7 nitrogen and oxygen atoms in total. The van der Waals surface area contributed by atoms with Crippen molar-refractivity contribution in [3.63, 3.8) is 0 Å². The third-order valence-electron chi connectivity index (χ3n) is 4.61. The van der Waals surface area contributed by atoms with E-state index in [2.05, 4.69) is 4.74 Å². The molecule has 31 heavy (non-hydrogen) atoms. The van der Waals surface area contributed by atoms with Crippen LogP contribution in [-0.4, -0.2) is 72.0 Å². The molecule has 1 saturated heterocycles. The van der Waals surface area contributed by atoms with Crippen molar-refractivity contribution >= 4 is 6.09 Å². The van der Waals surface area contributed by atoms with E-state index in [1.54, 1.807) is 20.8 Å². The third-order valence-corrected chi connectivity index (χ3v) is 4.61. The molecule has 11 heteroatoms. The number of alkyl halides is 3. The predicted molar refractivity (Wildman–Crippen MR) is 103 cm³/mol. The number of hydrogen-bond donors (Lipinski definition) is 1. The number of aliphatic hydroxyl groups excluding tert-OH is 1. The molecule has 0 aromatic heterocycles. The fourth-order valence-electron chi connectivity index (χ4n) is 3.23. The number of piperazine rings is 1. The SMILES string of the molecule is CO[C@H](O)C[C@H]1CN(C(=O)OC(C)(C)C)CCN1Cc1ccc(OC(F)(F)F)c(F)c1. The van der Waals surface area contributed by atoms with Crippen molar-refractivity contribution in [2.75, 3.05) is 26.7 Å². The lowest BCUT2D eigenvalue weighted by atomic mass is 10.1. The number of aliphatic hydroxyl groups is 1. The smallest absolute Gasteiger partial charge is 0.444 e. The molecule has 2 atom stereocenters. The van der Waals surface area contributed by atoms with E-state index in [0.29, 0.717) is 18.7 Å². The maximum absolute atomic E-state index is 14.0. The molecule has 0 unspecified atom stereocenters. The van der Waals surface area contributed by atoms with Crippen LogP contribution in [0.4, 0.5) is 22.4 Å². The Bertz CT molecular complexity index is 754. The van der Waals surface area contributed by atoms with Crippen LogP contribution < -0.4 is 4.74 Å². The van der Waals surface area contributed by atoms with Gasteiger partial charge in [-0.1, -0.05) is 6.07 Å². The van der Waals surface area contributed by atoms with Crippen molar-refractivity contribution in [3.8, 4) is 5.75 Å². The van der Waals surface area contributed by atoms with Crippen molar-refractivity contribution in [3.05, 3.63) is 29.6 Å². The molecule has 1 amide bonds. The molecule has 1 aromatic rings. The highest BCUT2D eigenvalue weighted by Gasteiger charge is 2.34. The number of carbonyl (C=O) groups is 1. The van der Waals surface area contributed by atoms with Crippen molar-refractivity contribution in [2.24, 2.45) is 0 Å². The fraction of sp³-hybridized carbons (Fsp3) is 0.650. The summed E-state index contributed by atoms with van der Waals surface area (Å²) in [6.07, 6.45) is -6.37. The number of halogens is 4. The van der Waals surface area contributed by atoms with Crippen molar-refractivity contribution in [1.29, 1.82) is 0 Å². The van der Waals surface area contributed by atoms with Crippen LogP contribution in [0.5, 0.6) is 5.75 Å². The first-order valence-corrected chi connectivity index (χ1v) is 9.74. The Morgan fingerprint density at radius 3 is 2.48 bits per heavy atom. The molecule has 1 N–H and O–H groups in total. The van der Waals surface area contributed by atoms with Gasteiger partial charge in [0.25, 0.3) is 0 Å². The van der Waals surface area contributed by atoms with Crippen LogP contribution in [0, 0.1) is 5.82 Å². The van der Waals surface area contributed by atoms with Crippen molar-refractivity contribution < 1.29 is 41.7 Å². The zero-order valence-corrected chi connectivity index (χ0v) is 17.9. The van der Waals surface area contributed by atoms with Gasteiger partial charge in [0, 0.05) is 45.8 Å². The minimum atomic E-state index is -4.98. The molecule has 0 spiro atoms. The van der Waals surface area contributed by atoms with E-state index in [1.165, 1.54) is 18.1 Å². The summed E-state index contributed by atoms with van der Waals surface area (Å²) in [4.78, 5) is 15.8. The second-order valence-corrected chi connectivity index (χ2v) is 8.29. The molecule has 1 fully saturated rings. The Kier molecular flexibility index (Phi) is 8.12. The molecule has 1 aliphatic heterocycles. The molecule has 0 bridgehead atoms. The monoisotopic (exact) mass is 452 g/mol. The van der Waals surface area contributed by atoms with Gasteiger partial charge in [0.1, 0.15) is 5.60 Å². The standard InChI is InChI=1S/C20H28F4N2O5/c1-19(2,3)31-18(28)26-8-7-25(14(12-26)10-17(27)29-4)11-13-5-6-16(15(21)9-13)30-20(22,23)24/h5-6,9,14,17,27H,7-8,10-12H2,1-4H3/t14-,17-/m0/s1. The first-order chi connectivity index (χ1) is 14.3. The van der Waals surface area contributed by atoms with Crippen LogP contribution in [0.25, 0.3) is 0 Å². The topological polar surface area (TPSA) is 71.5 Å². The zero-order chi connectivity index (χ0) is 23.4. The lowest BCUT2D eigenvalue weighted by Gasteiger charge is -2.42. The first-order valence-electron chi connectivity index (χ1n) is 9.74. The fourth-order valence-corrected chi connectivity index (χ4v) is 3.23. The Morgan fingerprint density at radius 2 is 1.94 bits per heavy atom. The van der Waals surface area contributed by atoms with Gasteiger partial charge in [-0.25, -0.2) is 9.18 Å². The number of hydrogen-bond acceptors (Lipinski definition) is 6. The maximum atomic E-state index is 14.0. The van der Waals surface area contributed by atoms with Gasteiger partial charge in [0.2, 0.25) is 0 Å². The van der Waals surface area contributed by atoms with Gasteiger partial charge in [-0.3, -0.25) is 4.90 Å². The first kappa shape index (κ1) is 25.2. The van der Waals surface area contributed by atoms with E-state index in [-0.39, 0.29) is 25.6 Å². The van der Waals surface area contributed by atoms with Crippen molar-refractivity contribution in [1.82, 2.24) is 9.80 Å². The Balaban J connectivity index is 2.11. The zero-order valence-electron chi connectivity index (χ0n) is 17.9. The number of nitrogens with zero attached hydrogens (tertiary/aromatic N) is 2. The Hall–Kier alpha value is -2.11. The second-order valence-electron chi connectivity index (χ2n) is 8.29. The number of amides is 1. The molecular formula is C20H28F4N2O5. The third kappa shape index (κ3) is 8.15. The quantitative estimate of drug-likeness (QED) is 0.526. The largest absolute Gasteiger partial charge is 0.573 e. The number of rotatable bonds is 6. The van der Waals surface area contributed by atoms with E-state index in [0.717, 1.165) is 12.1 Å². The highest BCUT2D eigenvalue weighted by molar-refractivity contribution is 5.68. The molecule has 0 aliphatic carbocycles. The number of carbonyl (C=O) groups excluding carboxylic acids is 1. The summed E-state index contributed by atoms with van der Waals surface area (Å²) >= 11 is 0. The molecule has 1 heterocycles. The highest BCUT2D eigenvalue weighted by Crippen LogP contribution is 2.27. The van der Waals surface area contributed by atoms with Gasteiger partial charge in [-0.05, 0) is 38.5 Å². The van der Waals surface area contributed by atoms with E-state index in [9.17, 15) is 27.5 Å². The summed E-state index contributed by atoms with van der Waals surface area (Å²) in [5, 5.41) is 9.93. The summed E-state index contributed by atoms with van der Waals surface area (Å²) in [6.45, 7) is 6.45. The van der Waals surface area contributed by atoms with Gasteiger partial charge in [0.15, 0.2) is 17.9 Å². The van der Waals surface area contributed by atoms with Crippen LogP contribution in [0.3, 0.4) is 0 Å². The predicted octanol–water partition coefficient (Wildman–Crippen LogP) is 3.50. The van der Waals surface area contributed by atoms with Gasteiger partial charge in [0.05, 0.1) is 0 Å². The van der Waals surface area contributed by atoms with Crippen LogP contribution in [0.15, 0.2) is 18.2 Å². The van der Waals surface area contributed by atoms with E-state index in [1.807, 2.05) is 4.90 Å². The summed E-state index contributed by atoms with van der Waals surface area (Å²) in [5.41, 5.74) is -0.234. The Morgan fingerprint density at radius 1 is 1.26 bits per heavy atom. The normalized spacial score (nSPS) is 19.3. The van der Waals surface area contributed by atoms with Crippen LogP contribution >= 0.6 is 0 Å². The average molecular weight is 452 g/mol. The van der Waals surface area contributed by atoms with Crippen LogP contribution in [-0.2, 0) is 16.0 Å². The summed E-state index contributed by atoms with van der Waals surface area (Å²) in [5.74, 6) is -2.03. The number of benzene rings is 1. The molecule has 2 rings (SSSR count). The Labute approximate surface area is 178 Å². The average Bonchev–Trinajstić information content (AvgIpc) is 2.62. The summed E-state index contributed by atoms with van der Waals surface area (Å²) in [6, 6.07) is 2.90. The minimum absolute atomic E-state index is 0.174. The lowest BCUT2D eigenvalue weighted by molar-refractivity contribution is -0.275. The molecule has 176 valence electrons. The van der Waals surface area contributed by atoms with E-state index >= 15 is 0 Å². The van der Waals surface area contributed by atoms with Gasteiger partial charge >= 0.3 is 12.5 Å². The molecule has 1 aromatic carbocycles. The minimum Gasteiger partial charge on any atom is -0.444 e. The molecule has 1 aliphatic rings. The van der Waals surface area contributed by atoms with Crippen LogP contribution in [0.1, 0.15) is 32.8 Å². The van der Waals surface area contributed by atoms with Crippen LogP contribution in [0.2, 0.25) is 0 Å². The molecular weight excluding hydrogens is 424 g/mol. The number of ether oxygens (including phenoxy) is 3. The van der Waals surface area contributed by atoms with E-state index < -0.39 is 35.9 Å². The number of methoxy groups -OCH3 is 1. The van der Waals surface area contributed by atoms with E-state index in [4.69, 9.17) is 9.47 Å². The van der Waals surface area contributed by atoms with Gasteiger partial charge in [-0.2, -0.15) is 0 Å².